The summed E-state index contributed by atoms with van der Waals surface area (Å²) in [7, 11) is 0. The second-order valence-electron chi connectivity index (χ2n) is 7.98. The van der Waals surface area contributed by atoms with Crippen molar-refractivity contribution >= 4 is 29.9 Å². The number of nitrogens with zero attached hydrogens (tertiary/aromatic N) is 1. The van der Waals surface area contributed by atoms with E-state index in [-0.39, 0.29) is 24.1 Å². The van der Waals surface area contributed by atoms with E-state index in [1.165, 1.54) is 31.2 Å². The van der Waals surface area contributed by atoms with Crippen molar-refractivity contribution in [3.8, 4) is 0 Å². The predicted octanol–water partition coefficient (Wildman–Crippen LogP) is 1.56. The summed E-state index contributed by atoms with van der Waals surface area (Å²) in [5.41, 5.74) is 4.63. The maximum absolute atomic E-state index is 12.5. The molecule has 160 valence electrons. The Morgan fingerprint density at radius 3 is 2.21 bits per heavy atom. The minimum absolute atomic E-state index is 0.0912. The van der Waals surface area contributed by atoms with E-state index in [4.69, 9.17) is 10.5 Å². The summed E-state index contributed by atoms with van der Waals surface area (Å²) in [6.07, 6.45) is 0.941. The van der Waals surface area contributed by atoms with Crippen LogP contribution in [0.4, 0.5) is 10.5 Å². The third-order valence-corrected chi connectivity index (χ3v) is 4.13. The number of carbonyl (C=O) groups is 4. The van der Waals surface area contributed by atoms with E-state index in [1.54, 1.807) is 0 Å². The molecule has 0 spiro atoms. The molecule has 0 saturated heterocycles. The molecule has 1 aromatic rings. The van der Waals surface area contributed by atoms with Crippen molar-refractivity contribution in [3.05, 3.63) is 29.8 Å². The van der Waals surface area contributed by atoms with Gasteiger partial charge < -0.3 is 21.1 Å². The lowest BCUT2D eigenvalue weighted by atomic mass is 10.0. The lowest BCUT2D eigenvalue weighted by Crippen LogP contribution is -2.49. The molecule has 0 fully saturated rings. The van der Waals surface area contributed by atoms with E-state index < -0.39 is 17.2 Å². The van der Waals surface area contributed by atoms with Gasteiger partial charge in [0.1, 0.15) is 0 Å². The summed E-state index contributed by atoms with van der Waals surface area (Å²) < 4.78 is 5.94. The van der Waals surface area contributed by atoms with E-state index >= 15 is 0 Å². The third kappa shape index (κ3) is 8.30. The number of carbonyl (C=O) groups excluding carboxylic acids is 4. The number of nitrogens with two attached hydrogens (primary N) is 1. The Hall–Kier alpha value is -2.94. The number of nitrogens with one attached hydrogen (secondary N) is 2. The SMILES string of the molecule is CC(=O)NCCC(C)(C)OCC(C)(C)NC(=O)c1ccc(N(C=O)C(N)=O)cc1. The van der Waals surface area contributed by atoms with Crippen LogP contribution in [0, 0.1) is 0 Å². The standard InChI is InChI=1S/C20H30N4O5/c1-14(26)22-11-10-20(4,5)29-12-19(2,3)23-17(27)15-6-8-16(9-7-15)24(13-25)18(21)28/h6-9,13H,10-12H2,1-5H3,(H2,21,28)(H,22,26)(H,23,27). The number of imide groups is 1. The molecular formula is C20H30N4O5. The third-order valence-electron chi connectivity index (χ3n) is 4.13. The van der Waals surface area contributed by atoms with Crippen LogP contribution in [0.5, 0.6) is 0 Å². The molecule has 29 heavy (non-hydrogen) atoms. The predicted molar refractivity (Wildman–Crippen MR) is 109 cm³/mol. The molecular weight excluding hydrogens is 376 g/mol. The molecule has 0 heterocycles. The fourth-order valence-electron chi connectivity index (χ4n) is 2.42. The number of benzene rings is 1. The average Bonchev–Trinajstić information content (AvgIpc) is 2.60. The summed E-state index contributed by atoms with van der Waals surface area (Å²) in [4.78, 5) is 46.3. The van der Waals surface area contributed by atoms with Crippen LogP contribution in [0.1, 0.15) is 51.4 Å². The van der Waals surface area contributed by atoms with Gasteiger partial charge in [-0.15, -0.1) is 0 Å². The van der Waals surface area contributed by atoms with E-state index in [2.05, 4.69) is 10.6 Å². The Morgan fingerprint density at radius 2 is 1.72 bits per heavy atom. The van der Waals surface area contributed by atoms with Gasteiger partial charge in [-0.3, -0.25) is 14.4 Å². The molecule has 0 unspecified atom stereocenters. The number of primary amides is 1. The maximum Gasteiger partial charge on any atom is 0.325 e. The van der Waals surface area contributed by atoms with Gasteiger partial charge in [0.25, 0.3) is 5.91 Å². The highest BCUT2D eigenvalue weighted by Crippen LogP contribution is 2.18. The van der Waals surface area contributed by atoms with Crippen LogP contribution in [0.3, 0.4) is 0 Å². The van der Waals surface area contributed by atoms with Crippen LogP contribution in [0.25, 0.3) is 0 Å². The average molecular weight is 406 g/mol. The Morgan fingerprint density at radius 1 is 1.14 bits per heavy atom. The van der Waals surface area contributed by atoms with Crippen molar-refractivity contribution in [2.45, 2.75) is 52.2 Å². The quantitative estimate of drug-likeness (QED) is 0.508. The number of rotatable bonds is 10. The Labute approximate surface area is 170 Å². The molecule has 0 aliphatic rings. The van der Waals surface area contributed by atoms with Gasteiger partial charge in [0.15, 0.2) is 0 Å². The fraction of sp³-hybridized carbons (Fsp3) is 0.500. The summed E-state index contributed by atoms with van der Waals surface area (Å²) in [5.74, 6) is -0.413. The highest BCUT2D eigenvalue weighted by atomic mass is 16.5. The molecule has 0 bridgehead atoms. The van der Waals surface area contributed by atoms with Gasteiger partial charge in [0.05, 0.1) is 23.4 Å². The largest absolute Gasteiger partial charge is 0.373 e. The van der Waals surface area contributed by atoms with Crippen molar-refractivity contribution in [1.82, 2.24) is 10.6 Å². The van der Waals surface area contributed by atoms with Crippen molar-refractivity contribution in [1.29, 1.82) is 0 Å². The highest BCUT2D eigenvalue weighted by Gasteiger charge is 2.26. The zero-order valence-corrected chi connectivity index (χ0v) is 17.6. The molecule has 1 aromatic carbocycles. The summed E-state index contributed by atoms with van der Waals surface area (Å²) in [6, 6.07) is 5.01. The van der Waals surface area contributed by atoms with Crippen LogP contribution < -0.4 is 21.3 Å². The zero-order chi connectivity index (χ0) is 22.2. The Balaban J connectivity index is 2.66. The number of ether oxygens (including phenoxy) is 1. The molecule has 0 aliphatic heterocycles. The van der Waals surface area contributed by atoms with Crippen LogP contribution in [0.15, 0.2) is 24.3 Å². The minimum Gasteiger partial charge on any atom is -0.373 e. The highest BCUT2D eigenvalue weighted by molar-refractivity contribution is 6.05. The molecule has 0 aliphatic carbocycles. The van der Waals surface area contributed by atoms with Gasteiger partial charge in [-0.1, -0.05) is 0 Å². The van der Waals surface area contributed by atoms with Crippen molar-refractivity contribution < 1.29 is 23.9 Å². The number of hydrogen-bond donors (Lipinski definition) is 3. The molecule has 9 nitrogen and oxygen atoms in total. The first kappa shape index (κ1) is 24.1. The molecule has 0 saturated carbocycles. The van der Waals surface area contributed by atoms with E-state index in [1.807, 2.05) is 27.7 Å². The second-order valence-corrected chi connectivity index (χ2v) is 7.98. The smallest absolute Gasteiger partial charge is 0.325 e. The molecule has 0 atom stereocenters. The van der Waals surface area contributed by atoms with Crippen molar-refractivity contribution in [2.24, 2.45) is 5.73 Å². The Kier molecular flexibility index (Phi) is 8.32. The molecule has 5 amide bonds. The van der Waals surface area contributed by atoms with Gasteiger partial charge in [0.2, 0.25) is 12.3 Å². The van der Waals surface area contributed by atoms with Crippen LogP contribution in [-0.2, 0) is 14.3 Å². The summed E-state index contributed by atoms with van der Waals surface area (Å²) in [5, 5.41) is 5.63. The molecule has 0 aromatic heterocycles. The molecule has 9 heteroatoms. The summed E-state index contributed by atoms with van der Waals surface area (Å²) >= 11 is 0. The fourth-order valence-corrected chi connectivity index (χ4v) is 2.42. The number of amides is 5. The van der Waals surface area contributed by atoms with Crippen LogP contribution in [0.2, 0.25) is 0 Å². The van der Waals surface area contributed by atoms with Gasteiger partial charge in [-0.2, -0.15) is 0 Å². The van der Waals surface area contributed by atoms with E-state index in [0.717, 1.165) is 4.90 Å². The van der Waals surface area contributed by atoms with E-state index in [0.29, 0.717) is 24.9 Å². The van der Waals surface area contributed by atoms with Gasteiger partial charge in [0, 0.05) is 19.0 Å². The van der Waals surface area contributed by atoms with Gasteiger partial charge >= 0.3 is 6.03 Å². The molecule has 0 radical (unpaired) electrons. The lowest BCUT2D eigenvalue weighted by molar-refractivity contribution is -0.119. The Bertz CT molecular complexity index is 744. The second kappa shape index (κ2) is 10.0. The number of anilines is 1. The van der Waals surface area contributed by atoms with Crippen molar-refractivity contribution in [2.75, 3.05) is 18.1 Å². The molecule has 4 N–H and O–H groups in total. The van der Waals surface area contributed by atoms with Gasteiger partial charge in [-0.05, 0) is 58.4 Å². The van der Waals surface area contributed by atoms with Crippen molar-refractivity contribution in [3.63, 3.8) is 0 Å². The lowest BCUT2D eigenvalue weighted by Gasteiger charge is -2.32. The first-order chi connectivity index (χ1) is 13.4. The number of urea groups is 1. The normalized spacial score (nSPS) is 11.5. The number of hydrogen-bond acceptors (Lipinski definition) is 5. The van der Waals surface area contributed by atoms with E-state index in [9.17, 15) is 19.2 Å². The molecule has 1 rings (SSSR count). The zero-order valence-electron chi connectivity index (χ0n) is 17.6. The topological polar surface area (TPSA) is 131 Å². The minimum atomic E-state index is -0.906. The maximum atomic E-state index is 12.5. The summed E-state index contributed by atoms with van der Waals surface area (Å²) in [6.45, 7) is 9.75. The van der Waals surface area contributed by atoms with Gasteiger partial charge in [-0.25, -0.2) is 9.69 Å². The van der Waals surface area contributed by atoms with Crippen LogP contribution >= 0.6 is 0 Å². The monoisotopic (exact) mass is 406 g/mol. The first-order valence-electron chi connectivity index (χ1n) is 9.22. The first-order valence-corrected chi connectivity index (χ1v) is 9.22. The van der Waals surface area contributed by atoms with Crippen LogP contribution in [-0.4, -0.2) is 48.5 Å².